The van der Waals surface area contributed by atoms with E-state index in [4.69, 9.17) is 4.42 Å². The summed E-state index contributed by atoms with van der Waals surface area (Å²) in [6.45, 7) is 1.03. The minimum Gasteiger partial charge on any atom is -0.452 e. The molecule has 1 aromatic rings. The molecule has 2 rings (SSSR count). The molecular formula is C10H14BrNO2. The second-order valence-corrected chi connectivity index (χ2v) is 4.51. The third kappa shape index (κ3) is 1.74. The van der Waals surface area contributed by atoms with E-state index < -0.39 is 0 Å². The van der Waals surface area contributed by atoms with Crippen molar-refractivity contribution >= 4 is 15.9 Å². The van der Waals surface area contributed by atoms with Gasteiger partial charge in [0, 0.05) is 0 Å². The number of nitrogens with one attached hydrogen (secondary N) is 1. The number of halogens is 1. The van der Waals surface area contributed by atoms with Crippen LogP contribution in [0.15, 0.2) is 21.2 Å². The van der Waals surface area contributed by atoms with Gasteiger partial charge in [-0.15, -0.1) is 0 Å². The molecule has 0 spiro atoms. The molecule has 0 aromatic carbocycles. The van der Waals surface area contributed by atoms with Gasteiger partial charge in [0.25, 0.3) is 0 Å². The van der Waals surface area contributed by atoms with Gasteiger partial charge in [-0.2, -0.15) is 0 Å². The molecule has 1 aromatic heterocycles. The van der Waals surface area contributed by atoms with Gasteiger partial charge in [-0.25, -0.2) is 0 Å². The lowest BCUT2D eigenvalue weighted by atomic mass is 9.87. The SMILES string of the molecule is OCC1(c2ccc(Br)o2)CCCCN1. The molecule has 78 valence electrons. The van der Waals surface area contributed by atoms with Crippen LogP contribution in [-0.4, -0.2) is 18.3 Å². The van der Waals surface area contributed by atoms with Crippen molar-refractivity contribution in [3.63, 3.8) is 0 Å². The molecule has 1 fully saturated rings. The fourth-order valence-electron chi connectivity index (χ4n) is 1.96. The Bertz CT molecular complexity index is 305. The fourth-order valence-corrected chi connectivity index (χ4v) is 2.27. The molecule has 0 aliphatic carbocycles. The van der Waals surface area contributed by atoms with Crippen molar-refractivity contribution in [3.05, 3.63) is 22.6 Å². The Labute approximate surface area is 91.6 Å². The summed E-state index contributed by atoms with van der Waals surface area (Å²) >= 11 is 3.28. The molecule has 0 saturated carbocycles. The first kappa shape index (κ1) is 10.2. The van der Waals surface area contributed by atoms with E-state index in [2.05, 4.69) is 21.2 Å². The third-order valence-corrected chi connectivity index (χ3v) is 3.23. The van der Waals surface area contributed by atoms with Gasteiger partial charge in [0.15, 0.2) is 4.67 Å². The van der Waals surface area contributed by atoms with Gasteiger partial charge in [-0.1, -0.05) is 0 Å². The number of hydrogen-bond acceptors (Lipinski definition) is 3. The molecule has 4 heteroatoms. The average Bonchev–Trinajstić information content (AvgIpc) is 2.66. The van der Waals surface area contributed by atoms with E-state index in [1.54, 1.807) is 0 Å². The van der Waals surface area contributed by atoms with Crippen molar-refractivity contribution in [2.24, 2.45) is 0 Å². The van der Waals surface area contributed by atoms with Crippen LogP contribution in [0.3, 0.4) is 0 Å². The summed E-state index contributed by atoms with van der Waals surface area (Å²) in [7, 11) is 0. The summed E-state index contributed by atoms with van der Waals surface area (Å²) < 4.78 is 6.23. The Kier molecular flexibility index (Phi) is 2.95. The smallest absolute Gasteiger partial charge is 0.169 e. The molecule has 1 aliphatic rings. The van der Waals surface area contributed by atoms with Crippen molar-refractivity contribution < 1.29 is 9.52 Å². The maximum absolute atomic E-state index is 9.47. The van der Waals surface area contributed by atoms with Crippen LogP contribution in [0, 0.1) is 0 Å². The first-order chi connectivity index (χ1) is 6.77. The van der Waals surface area contributed by atoms with Crippen LogP contribution < -0.4 is 5.32 Å². The van der Waals surface area contributed by atoms with Gasteiger partial charge >= 0.3 is 0 Å². The van der Waals surface area contributed by atoms with E-state index in [1.165, 1.54) is 6.42 Å². The number of hydrogen-bond donors (Lipinski definition) is 2. The van der Waals surface area contributed by atoms with Crippen LogP contribution in [0.2, 0.25) is 0 Å². The van der Waals surface area contributed by atoms with Crippen LogP contribution in [0.1, 0.15) is 25.0 Å². The molecule has 1 atom stereocenters. The van der Waals surface area contributed by atoms with Crippen LogP contribution in [0.4, 0.5) is 0 Å². The normalized spacial score (nSPS) is 27.9. The zero-order chi connectivity index (χ0) is 10.0. The lowest BCUT2D eigenvalue weighted by Gasteiger charge is -2.34. The molecule has 2 N–H and O–H groups in total. The predicted molar refractivity (Wildman–Crippen MR) is 57.0 cm³/mol. The first-order valence-electron chi connectivity index (χ1n) is 4.88. The summed E-state index contributed by atoms with van der Waals surface area (Å²) in [4.78, 5) is 0. The standard InChI is InChI=1S/C10H14BrNO2/c11-9-4-3-8(14-9)10(7-13)5-1-2-6-12-10/h3-4,12-13H,1-2,5-7H2. The van der Waals surface area contributed by atoms with Crippen molar-refractivity contribution in [1.82, 2.24) is 5.32 Å². The molecule has 3 nitrogen and oxygen atoms in total. The van der Waals surface area contributed by atoms with Gasteiger partial charge in [-0.3, -0.25) is 0 Å². The predicted octanol–water partition coefficient (Wildman–Crippen LogP) is 2.00. The average molecular weight is 260 g/mol. The summed E-state index contributed by atoms with van der Waals surface area (Å²) in [6, 6.07) is 3.78. The first-order valence-corrected chi connectivity index (χ1v) is 5.68. The van der Waals surface area contributed by atoms with Gasteiger partial charge < -0.3 is 14.8 Å². The monoisotopic (exact) mass is 259 g/mol. The van der Waals surface area contributed by atoms with E-state index >= 15 is 0 Å². The van der Waals surface area contributed by atoms with Crippen molar-refractivity contribution in [2.75, 3.05) is 13.2 Å². The number of rotatable bonds is 2. The highest BCUT2D eigenvalue weighted by Gasteiger charge is 2.35. The number of aliphatic hydroxyl groups is 1. The minimum absolute atomic E-state index is 0.0902. The van der Waals surface area contributed by atoms with Crippen LogP contribution >= 0.6 is 15.9 Å². The number of aliphatic hydroxyl groups excluding tert-OH is 1. The molecule has 14 heavy (non-hydrogen) atoms. The molecule has 0 radical (unpaired) electrons. The highest BCUT2D eigenvalue weighted by molar-refractivity contribution is 9.10. The highest BCUT2D eigenvalue weighted by atomic mass is 79.9. The van der Waals surface area contributed by atoms with Gasteiger partial charge in [0.1, 0.15) is 11.3 Å². The molecule has 1 unspecified atom stereocenters. The lowest BCUT2D eigenvalue weighted by molar-refractivity contribution is 0.109. The molecule has 1 aliphatic heterocycles. The fraction of sp³-hybridized carbons (Fsp3) is 0.600. The van der Waals surface area contributed by atoms with E-state index in [0.717, 1.165) is 25.1 Å². The van der Waals surface area contributed by atoms with E-state index in [-0.39, 0.29) is 12.1 Å². The molecule has 0 bridgehead atoms. The van der Waals surface area contributed by atoms with Crippen molar-refractivity contribution in [3.8, 4) is 0 Å². The second-order valence-electron chi connectivity index (χ2n) is 3.73. The maximum Gasteiger partial charge on any atom is 0.169 e. The van der Waals surface area contributed by atoms with Gasteiger partial charge in [0.2, 0.25) is 0 Å². The molecule has 2 heterocycles. The molecule has 1 saturated heterocycles. The van der Waals surface area contributed by atoms with E-state index in [9.17, 15) is 5.11 Å². The summed E-state index contributed by atoms with van der Waals surface area (Å²) in [5.74, 6) is 0.826. The summed E-state index contributed by atoms with van der Waals surface area (Å²) in [6.07, 6.45) is 3.24. The number of piperidine rings is 1. The minimum atomic E-state index is -0.357. The van der Waals surface area contributed by atoms with Crippen LogP contribution in [0.25, 0.3) is 0 Å². The zero-order valence-corrected chi connectivity index (χ0v) is 9.51. The Morgan fingerprint density at radius 2 is 2.36 bits per heavy atom. The van der Waals surface area contributed by atoms with Crippen molar-refractivity contribution in [2.45, 2.75) is 24.8 Å². The maximum atomic E-state index is 9.47. The van der Waals surface area contributed by atoms with Crippen LogP contribution in [-0.2, 0) is 5.54 Å². The Hall–Kier alpha value is -0.320. The topological polar surface area (TPSA) is 45.4 Å². The number of furan rings is 1. The van der Waals surface area contributed by atoms with Crippen molar-refractivity contribution in [1.29, 1.82) is 0 Å². The molecule has 0 amide bonds. The third-order valence-electron chi connectivity index (χ3n) is 2.81. The van der Waals surface area contributed by atoms with E-state index in [0.29, 0.717) is 4.67 Å². The van der Waals surface area contributed by atoms with E-state index in [1.807, 2.05) is 12.1 Å². The second kappa shape index (κ2) is 4.04. The highest BCUT2D eigenvalue weighted by Crippen LogP contribution is 2.32. The Morgan fingerprint density at radius 3 is 2.86 bits per heavy atom. The Balaban J connectivity index is 2.26. The Morgan fingerprint density at radius 1 is 1.50 bits per heavy atom. The lowest BCUT2D eigenvalue weighted by Crippen LogP contribution is -2.48. The molecular weight excluding hydrogens is 246 g/mol. The van der Waals surface area contributed by atoms with Crippen LogP contribution in [0.5, 0.6) is 0 Å². The quantitative estimate of drug-likeness (QED) is 0.854. The largest absolute Gasteiger partial charge is 0.452 e. The van der Waals surface area contributed by atoms with Gasteiger partial charge in [-0.05, 0) is 53.9 Å². The summed E-state index contributed by atoms with van der Waals surface area (Å²) in [5.41, 5.74) is -0.357. The summed E-state index contributed by atoms with van der Waals surface area (Å²) in [5, 5.41) is 12.8. The van der Waals surface area contributed by atoms with Gasteiger partial charge in [0.05, 0.1) is 6.61 Å². The zero-order valence-electron chi connectivity index (χ0n) is 7.92.